The Morgan fingerprint density at radius 2 is 2.30 bits per heavy atom. The summed E-state index contributed by atoms with van der Waals surface area (Å²) < 4.78 is 5.80. The van der Waals surface area contributed by atoms with Crippen molar-refractivity contribution >= 4 is 5.95 Å². The first-order valence-corrected chi connectivity index (χ1v) is 7.61. The predicted molar refractivity (Wildman–Crippen MR) is 81.3 cm³/mol. The molecule has 5 heteroatoms. The molecule has 1 N–H and O–H groups in total. The molecular weight excluding hydrogens is 252 g/mol. The summed E-state index contributed by atoms with van der Waals surface area (Å²) in [4.78, 5) is 11.2. The fraction of sp³-hybridized carbons (Fsp3) is 0.733. The Balaban J connectivity index is 1.83. The number of rotatable bonds is 7. The van der Waals surface area contributed by atoms with Crippen LogP contribution in [0.3, 0.4) is 0 Å². The zero-order chi connectivity index (χ0) is 14.4. The van der Waals surface area contributed by atoms with E-state index in [9.17, 15) is 0 Å². The Morgan fingerprint density at radius 1 is 1.45 bits per heavy atom. The van der Waals surface area contributed by atoms with Crippen LogP contribution in [0.2, 0.25) is 0 Å². The predicted octanol–water partition coefficient (Wildman–Crippen LogP) is 2.47. The van der Waals surface area contributed by atoms with Gasteiger partial charge in [0.1, 0.15) is 0 Å². The second-order valence-corrected chi connectivity index (χ2v) is 5.51. The topological polar surface area (TPSA) is 50.3 Å². The van der Waals surface area contributed by atoms with Crippen molar-refractivity contribution in [1.29, 1.82) is 0 Å². The maximum absolute atomic E-state index is 5.80. The Hall–Kier alpha value is -1.36. The monoisotopic (exact) mass is 278 g/mol. The van der Waals surface area contributed by atoms with Crippen molar-refractivity contribution in [3.05, 3.63) is 11.8 Å². The fourth-order valence-corrected chi connectivity index (χ4v) is 2.57. The number of anilines is 1. The largest absolute Gasteiger partial charge is 0.477 e. The Morgan fingerprint density at radius 3 is 3.00 bits per heavy atom. The first kappa shape index (κ1) is 15.0. The van der Waals surface area contributed by atoms with Crippen LogP contribution in [-0.4, -0.2) is 47.7 Å². The average molecular weight is 278 g/mol. The van der Waals surface area contributed by atoms with Gasteiger partial charge in [-0.2, -0.15) is 4.98 Å². The third kappa shape index (κ3) is 4.34. The van der Waals surface area contributed by atoms with E-state index in [1.54, 1.807) is 0 Å². The van der Waals surface area contributed by atoms with Crippen LogP contribution in [0.15, 0.2) is 6.07 Å². The van der Waals surface area contributed by atoms with E-state index in [1.165, 1.54) is 19.4 Å². The lowest BCUT2D eigenvalue weighted by Gasteiger charge is -2.19. The Bertz CT molecular complexity index is 424. The van der Waals surface area contributed by atoms with Crippen molar-refractivity contribution in [3.8, 4) is 5.88 Å². The van der Waals surface area contributed by atoms with E-state index in [-0.39, 0.29) is 0 Å². The highest BCUT2D eigenvalue weighted by Crippen LogP contribution is 2.18. The molecule has 1 aliphatic rings. The first-order valence-electron chi connectivity index (χ1n) is 7.61. The van der Waals surface area contributed by atoms with Crippen LogP contribution in [0.25, 0.3) is 0 Å². The Kier molecular flexibility index (Phi) is 5.59. The number of hydrogen-bond donors (Lipinski definition) is 1. The molecule has 0 aliphatic carbocycles. The molecule has 112 valence electrons. The van der Waals surface area contributed by atoms with E-state index < -0.39 is 0 Å². The van der Waals surface area contributed by atoms with Crippen LogP contribution in [0.1, 0.15) is 38.3 Å². The van der Waals surface area contributed by atoms with Crippen LogP contribution in [0.5, 0.6) is 5.88 Å². The van der Waals surface area contributed by atoms with Crippen molar-refractivity contribution in [2.75, 3.05) is 32.1 Å². The molecule has 1 unspecified atom stereocenters. The summed E-state index contributed by atoms with van der Waals surface area (Å²) in [5.74, 6) is 1.34. The van der Waals surface area contributed by atoms with Crippen molar-refractivity contribution in [1.82, 2.24) is 14.9 Å². The van der Waals surface area contributed by atoms with E-state index >= 15 is 0 Å². The average Bonchev–Trinajstić information content (AvgIpc) is 2.82. The van der Waals surface area contributed by atoms with Gasteiger partial charge in [-0.25, -0.2) is 4.98 Å². The molecule has 0 saturated carbocycles. The lowest BCUT2D eigenvalue weighted by Crippen LogP contribution is -2.26. The molecule has 20 heavy (non-hydrogen) atoms. The van der Waals surface area contributed by atoms with Gasteiger partial charge in [0.05, 0.1) is 6.61 Å². The van der Waals surface area contributed by atoms with E-state index in [0.29, 0.717) is 17.9 Å². The summed E-state index contributed by atoms with van der Waals surface area (Å²) in [6.45, 7) is 6.91. The van der Waals surface area contributed by atoms with Gasteiger partial charge in [0.15, 0.2) is 0 Å². The maximum atomic E-state index is 5.80. The number of likely N-dealkylation sites (tertiary alicyclic amines) is 1. The van der Waals surface area contributed by atoms with Crippen LogP contribution in [0, 0.1) is 6.92 Å². The molecule has 0 radical (unpaired) electrons. The number of nitrogens with zero attached hydrogens (tertiary/aromatic N) is 3. The van der Waals surface area contributed by atoms with Gasteiger partial charge in [-0.3, -0.25) is 0 Å². The minimum absolute atomic E-state index is 0.663. The lowest BCUT2D eigenvalue weighted by atomic mass is 10.1. The standard InChI is InChI=1S/C15H26N4O/c1-4-8-16-15-17-12(2)11-14(18-15)20-10-7-13-6-5-9-19(13)3/h11,13H,4-10H2,1-3H3,(H,16,17,18). The highest BCUT2D eigenvalue weighted by atomic mass is 16.5. The van der Waals surface area contributed by atoms with Crippen LogP contribution < -0.4 is 10.1 Å². The fourth-order valence-electron chi connectivity index (χ4n) is 2.57. The summed E-state index contributed by atoms with van der Waals surface area (Å²) >= 11 is 0. The number of hydrogen-bond acceptors (Lipinski definition) is 5. The zero-order valence-electron chi connectivity index (χ0n) is 12.9. The Labute approximate surface area is 121 Å². The number of aromatic nitrogens is 2. The van der Waals surface area contributed by atoms with E-state index in [2.05, 4.69) is 34.2 Å². The molecule has 0 spiro atoms. The molecule has 5 nitrogen and oxygen atoms in total. The van der Waals surface area contributed by atoms with Gasteiger partial charge in [0.25, 0.3) is 0 Å². The molecule has 2 rings (SSSR count). The molecule has 1 fully saturated rings. The second kappa shape index (κ2) is 7.43. The highest BCUT2D eigenvalue weighted by Gasteiger charge is 2.20. The van der Waals surface area contributed by atoms with Gasteiger partial charge in [0.2, 0.25) is 11.8 Å². The maximum Gasteiger partial charge on any atom is 0.226 e. The molecule has 1 saturated heterocycles. The SMILES string of the molecule is CCCNc1nc(C)cc(OCCC2CCCN2C)n1. The van der Waals surface area contributed by atoms with Crippen LogP contribution >= 0.6 is 0 Å². The lowest BCUT2D eigenvalue weighted by molar-refractivity contribution is 0.228. The van der Waals surface area contributed by atoms with E-state index in [0.717, 1.165) is 31.7 Å². The van der Waals surface area contributed by atoms with Crippen LogP contribution in [-0.2, 0) is 0 Å². The summed E-state index contributed by atoms with van der Waals surface area (Å²) in [6, 6.07) is 2.56. The van der Waals surface area contributed by atoms with Gasteiger partial charge >= 0.3 is 0 Å². The summed E-state index contributed by atoms with van der Waals surface area (Å²) in [7, 11) is 2.19. The normalized spacial score (nSPS) is 19.2. The molecule has 1 aromatic heterocycles. The number of nitrogens with one attached hydrogen (secondary N) is 1. The third-order valence-corrected chi connectivity index (χ3v) is 3.74. The molecule has 2 heterocycles. The number of aryl methyl sites for hydroxylation is 1. The zero-order valence-corrected chi connectivity index (χ0v) is 12.9. The molecular formula is C15H26N4O. The summed E-state index contributed by atoms with van der Waals surface area (Å²) in [5, 5.41) is 3.20. The second-order valence-electron chi connectivity index (χ2n) is 5.51. The van der Waals surface area contributed by atoms with Gasteiger partial charge in [0, 0.05) is 24.3 Å². The van der Waals surface area contributed by atoms with Gasteiger partial charge in [-0.15, -0.1) is 0 Å². The van der Waals surface area contributed by atoms with Gasteiger partial charge < -0.3 is 15.0 Å². The quantitative estimate of drug-likeness (QED) is 0.830. The molecule has 0 bridgehead atoms. The minimum atomic E-state index is 0.663. The van der Waals surface area contributed by atoms with Crippen molar-refractivity contribution in [2.45, 2.75) is 45.6 Å². The van der Waals surface area contributed by atoms with Crippen molar-refractivity contribution in [2.24, 2.45) is 0 Å². The molecule has 0 amide bonds. The van der Waals surface area contributed by atoms with E-state index in [4.69, 9.17) is 4.74 Å². The summed E-state index contributed by atoms with van der Waals surface area (Å²) in [6.07, 6.45) is 4.71. The molecule has 1 aliphatic heterocycles. The molecule has 1 aromatic rings. The number of ether oxygens (including phenoxy) is 1. The smallest absolute Gasteiger partial charge is 0.226 e. The minimum Gasteiger partial charge on any atom is -0.477 e. The van der Waals surface area contributed by atoms with Gasteiger partial charge in [-0.1, -0.05) is 6.92 Å². The van der Waals surface area contributed by atoms with Crippen molar-refractivity contribution < 1.29 is 4.74 Å². The van der Waals surface area contributed by atoms with E-state index in [1.807, 2.05) is 13.0 Å². The third-order valence-electron chi connectivity index (χ3n) is 3.74. The molecule has 0 aromatic carbocycles. The van der Waals surface area contributed by atoms with Crippen molar-refractivity contribution in [3.63, 3.8) is 0 Å². The highest BCUT2D eigenvalue weighted by molar-refractivity contribution is 5.30. The van der Waals surface area contributed by atoms with Gasteiger partial charge in [-0.05, 0) is 46.2 Å². The summed E-state index contributed by atoms with van der Waals surface area (Å²) in [5.41, 5.74) is 0.937. The van der Waals surface area contributed by atoms with Crippen LogP contribution in [0.4, 0.5) is 5.95 Å². The molecule has 1 atom stereocenters. The first-order chi connectivity index (χ1) is 9.69.